The fraction of sp³-hybridized carbons (Fsp3) is 0.368. The van der Waals surface area contributed by atoms with Crippen molar-refractivity contribution >= 4 is 22.3 Å². The molecule has 21 heavy (non-hydrogen) atoms. The summed E-state index contributed by atoms with van der Waals surface area (Å²) in [6, 6.07) is 14.5. The average Bonchev–Trinajstić information content (AvgIpc) is 2.51. The molecule has 1 aliphatic carbocycles. The van der Waals surface area contributed by atoms with E-state index in [-0.39, 0.29) is 11.6 Å². The number of aryl methyl sites for hydroxylation is 1. The van der Waals surface area contributed by atoms with E-state index in [1.807, 2.05) is 25.1 Å². The van der Waals surface area contributed by atoms with Gasteiger partial charge in [-0.2, -0.15) is 0 Å². The summed E-state index contributed by atoms with van der Waals surface area (Å²) in [6.45, 7) is 1.84. The second-order valence-electron chi connectivity index (χ2n) is 6.17. The quantitative estimate of drug-likeness (QED) is 0.793. The lowest BCUT2D eigenvalue weighted by Gasteiger charge is -2.30. The molecular weight excluding hydrogens is 260 g/mol. The zero-order chi connectivity index (χ0) is 14.9. The van der Waals surface area contributed by atoms with Crippen molar-refractivity contribution < 1.29 is 9.59 Å². The lowest BCUT2D eigenvalue weighted by Crippen LogP contribution is -2.40. The maximum atomic E-state index is 12.2. The third kappa shape index (κ3) is 2.51. The number of Topliss-reactive ketones (excluding diaryl/α,β-unsaturated/α-hetero) is 2. The standard InChI is InChI=1S/C19H20O2/c1-19(17(20)10-5-11-18(19)21)13-12-15-8-4-7-14-6-2-3-9-16(14)15/h2-4,6-9H,5,10-13H2,1H3. The second kappa shape index (κ2) is 5.44. The normalized spacial score (nSPS) is 18.1. The van der Waals surface area contributed by atoms with E-state index in [2.05, 4.69) is 24.3 Å². The van der Waals surface area contributed by atoms with Crippen LogP contribution in [-0.2, 0) is 16.0 Å². The smallest absolute Gasteiger partial charge is 0.146 e. The van der Waals surface area contributed by atoms with Crippen molar-refractivity contribution in [3.8, 4) is 0 Å². The number of fused-ring (bicyclic) bond motifs is 1. The Morgan fingerprint density at radius 2 is 1.62 bits per heavy atom. The van der Waals surface area contributed by atoms with Crippen LogP contribution in [0.2, 0.25) is 0 Å². The fourth-order valence-electron chi connectivity index (χ4n) is 3.29. The number of carbonyl (C=O) groups is 2. The van der Waals surface area contributed by atoms with Crippen LogP contribution in [0, 0.1) is 5.41 Å². The maximum absolute atomic E-state index is 12.2. The molecule has 2 aromatic carbocycles. The second-order valence-corrected chi connectivity index (χ2v) is 6.17. The Morgan fingerprint density at radius 3 is 2.38 bits per heavy atom. The number of benzene rings is 2. The average molecular weight is 280 g/mol. The van der Waals surface area contributed by atoms with Gasteiger partial charge in [-0.3, -0.25) is 9.59 Å². The van der Waals surface area contributed by atoms with Crippen molar-refractivity contribution in [2.24, 2.45) is 5.41 Å². The van der Waals surface area contributed by atoms with E-state index in [4.69, 9.17) is 0 Å². The highest BCUT2D eigenvalue weighted by molar-refractivity contribution is 6.08. The summed E-state index contributed by atoms with van der Waals surface area (Å²) in [6.07, 6.45) is 3.23. The first kappa shape index (κ1) is 14.0. The van der Waals surface area contributed by atoms with Gasteiger partial charge in [-0.15, -0.1) is 0 Å². The third-order valence-corrected chi connectivity index (χ3v) is 4.81. The molecule has 1 saturated carbocycles. The molecule has 3 rings (SSSR count). The van der Waals surface area contributed by atoms with Gasteiger partial charge in [0, 0.05) is 12.8 Å². The molecule has 1 fully saturated rings. The number of hydrogen-bond donors (Lipinski definition) is 0. The summed E-state index contributed by atoms with van der Waals surface area (Å²) >= 11 is 0. The molecule has 0 atom stereocenters. The zero-order valence-electron chi connectivity index (χ0n) is 12.4. The molecule has 0 aromatic heterocycles. The fourth-order valence-corrected chi connectivity index (χ4v) is 3.29. The summed E-state index contributed by atoms with van der Waals surface area (Å²) in [5.74, 6) is 0.248. The third-order valence-electron chi connectivity index (χ3n) is 4.81. The lowest BCUT2D eigenvalue weighted by molar-refractivity contribution is -0.143. The van der Waals surface area contributed by atoms with Gasteiger partial charge in [0.2, 0.25) is 0 Å². The first-order valence-corrected chi connectivity index (χ1v) is 7.64. The van der Waals surface area contributed by atoms with E-state index in [9.17, 15) is 9.59 Å². The van der Waals surface area contributed by atoms with E-state index in [1.54, 1.807) is 0 Å². The largest absolute Gasteiger partial charge is 0.299 e. The van der Waals surface area contributed by atoms with Gasteiger partial charge < -0.3 is 0 Å². The maximum Gasteiger partial charge on any atom is 0.146 e. The van der Waals surface area contributed by atoms with Crippen LogP contribution in [0.5, 0.6) is 0 Å². The Bertz CT molecular complexity index is 678. The molecule has 0 spiro atoms. The molecule has 0 bridgehead atoms. The van der Waals surface area contributed by atoms with E-state index in [0.717, 1.165) is 12.8 Å². The molecule has 0 saturated heterocycles. The first-order chi connectivity index (χ1) is 10.1. The van der Waals surface area contributed by atoms with Gasteiger partial charge in [0.25, 0.3) is 0 Å². The van der Waals surface area contributed by atoms with Gasteiger partial charge in [-0.25, -0.2) is 0 Å². The molecular formula is C19H20O2. The van der Waals surface area contributed by atoms with Crippen LogP contribution in [0.15, 0.2) is 42.5 Å². The SMILES string of the molecule is CC1(CCc2cccc3ccccc23)C(=O)CCCC1=O. The van der Waals surface area contributed by atoms with Crippen LogP contribution >= 0.6 is 0 Å². The van der Waals surface area contributed by atoms with Crippen LogP contribution in [0.1, 0.15) is 38.2 Å². The van der Waals surface area contributed by atoms with Crippen molar-refractivity contribution in [1.82, 2.24) is 0 Å². The number of carbonyl (C=O) groups excluding carboxylic acids is 2. The molecule has 0 amide bonds. The van der Waals surface area contributed by atoms with E-state index >= 15 is 0 Å². The molecule has 2 nitrogen and oxygen atoms in total. The van der Waals surface area contributed by atoms with Crippen LogP contribution in [-0.4, -0.2) is 11.6 Å². The summed E-state index contributed by atoms with van der Waals surface area (Å²) < 4.78 is 0. The number of rotatable bonds is 3. The molecule has 0 radical (unpaired) electrons. The van der Waals surface area contributed by atoms with Gasteiger partial charge in [-0.05, 0) is 42.5 Å². The number of hydrogen-bond acceptors (Lipinski definition) is 2. The highest BCUT2D eigenvalue weighted by atomic mass is 16.2. The zero-order valence-corrected chi connectivity index (χ0v) is 12.4. The first-order valence-electron chi connectivity index (χ1n) is 7.64. The van der Waals surface area contributed by atoms with Crippen molar-refractivity contribution in [3.05, 3.63) is 48.0 Å². The van der Waals surface area contributed by atoms with Gasteiger partial charge in [0.1, 0.15) is 11.6 Å². The van der Waals surface area contributed by atoms with Crippen molar-refractivity contribution in [2.75, 3.05) is 0 Å². The topological polar surface area (TPSA) is 34.1 Å². The summed E-state index contributed by atoms with van der Waals surface area (Å²) in [5.41, 5.74) is 0.454. The van der Waals surface area contributed by atoms with E-state index in [1.165, 1.54) is 16.3 Å². The van der Waals surface area contributed by atoms with E-state index < -0.39 is 5.41 Å². The Kier molecular flexibility index (Phi) is 3.62. The molecule has 2 aromatic rings. The Morgan fingerprint density at radius 1 is 0.952 bits per heavy atom. The van der Waals surface area contributed by atoms with Crippen molar-refractivity contribution in [2.45, 2.75) is 39.0 Å². The monoisotopic (exact) mass is 280 g/mol. The van der Waals surface area contributed by atoms with Gasteiger partial charge >= 0.3 is 0 Å². The summed E-state index contributed by atoms with van der Waals surface area (Å²) in [4.78, 5) is 24.4. The minimum atomic E-state index is -0.769. The molecule has 108 valence electrons. The van der Waals surface area contributed by atoms with Crippen molar-refractivity contribution in [3.63, 3.8) is 0 Å². The Hall–Kier alpha value is -1.96. The molecule has 0 heterocycles. The molecule has 0 aliphatic heterocycles. The molecule has 2 heteroatoms. The highest BCUT2D eigenvalue weighted by Gasteiger charge is 2.41. The molecule has 0 unspecified atom stereocenters. The summed E-state index contributed by atoms with van der Waals surface area (Å²) in [5, 5.41) is 2.43. The van der Waals surface area contributed by atoms with Crippen molar-refractivity contribution in [1.29, 1.82) is 0 Å². The van der Waals surface area contributed by atoms with Crippen LogP contribution in [0.25, 0.3) is 10.8 Å². The summed E-state index contributed by atoms with van der Waals surface area (Å²) in [7, 11) is 0. The molecule has 0 N–H and O–H groups in total. The number of ketones is 2. The minimum Gasteiger partial charge on any atom is -0.299 e. The Balaban J connectivity index is 1.86. The Labute approximate surface area is 125 Å². The van der Waals surface area contributed by atoms with Gasteiger partial charge in [0.05, 0.1) is 5.41 Å². The predicted octanol–water partition coefficient (Wildman–Crippen LogP) is 4.10. The predicted molar refractivity (Wildman–Crippen MR) is 84.2 cm³/mol. The minimum absolute atomic E-state index is 0.124. The van der Waals surface area contributed by atoms with Crippen LogP contribution in [0.4, 0.5) is 0 Å². The molecule has 1 aliphatic rings. The lowest BCUT2D eigenvalue weighted by atomic mass is 9.70. The van der Waals surface area contributed by atoms with Gasteiger partial charge in [-0.1, -0.05) is 42.5 Å². The van der Waals surface area contributed by atoms with E-state index in [0.29, 0.717) is 19.3 Å². The highest BCUT2D eigenvalue weighted by Crippen LogP contribution is 2.35. The van der Waals surface area contributed by atoms with Gasteiger partial charge in [0.15, 0.2) is 0 Å². The van der Waals surface area contributed by atoms with Crippen LogP contribution in [0.3, 0.4) is 0 Å². The van der Waals surface area contributed by atoms with Crippen LogP contribution < -0.4 is 0 Å².